The highest BCUT2D eigenvalue weighted by molar-refractivity contribution is 8.05. The smallest absolute Gasteiger partial charge is 0.337 e. The Bertz CT molecular complexity index is 1390. The topological polar surface area (TPSA) is 131 Å². The van der Waals surface area contributed by atoms with Crippen molar-refractivity contribution >= 4 is 42.8 Å². The number of carbonyl (C=O) groups excluding carboxylic acids is 2. The Hall–Kier alpha value is -3.85. The van der Waals surface area contributed by atoms with Crippen LogP contribution in [0.1, 0.15) is 15.9 Å². The van der Waals surface area contributed by atoms with Crippen LogP contribution in [0.25, 0.3) is 21.8 Å². The summed E-state index contributed by atoms with van der Waals surface area (Å²) in [6.07, 6.45) is 0. The van der Waals surface area contributed by atoms with Crippen molar-refractivity contribution in [2.24, 2.45) is 5.73 Å². The molecule has 2 amide bonds. The zero-order valence-electron chi connectivity index (χ0n) is 16.3. The van der Waals surface area contributed by atoms with Gasteiger partial charge in [-0.15, -0.1) is 0 Å². The second-order valence-corrected chi connectivity index (χ2v) is 8.76. The number of fused-ring (bicyclic) bond motifs is 3. The first-order chi connectivity index (χ1) is 14.9. The normalized spacial score (nSPS) is 11.5. The minimum Gasteiger partial charge on any atom is -0.476 e. The van der Waals surface area contributed by atoms with Crippen molar-refractivity contribution in [3.63, 3.8) is 0 Å². The van der Waals surface area contributed by atoms with E-state index in [-0.39, 0.29) is 11.7 Å². The molecule has 0 atom stereocenters. The van der Waals surface area contributed by atoms with Crippen LogP contribution in [-0.4, -0.2) is 30.5 Å². The Morgan fingerprint density at radius 2 is 1.58 bits per heavy atom. The van der Waals surface area contributed by atoms with Crippen LogP contribution in [0.5, 0.6) is 5.75 Å². The number of carbonyl (C=O) groups is 2. The molecule has 8 nitrogen and oxygen atoms in total. The van der Waals surface area contributed by atoms with E-state index in [0.717, 1.165) is 5.56 Å². The number of aromatic amines is 1. The number of aromatic nitrogens is 1. The van der Waals surface area contributed by atoms with Crippen molar-refractivity contribution in [3.05, 3.63) is 77.9 Å². The van der Waals surface area contributed by atoms with E-state index in [4.69, 9.17) is 10.5 Å². The molecule has 0 aliphatic rings. The van der Waals surface area contributed by atoms with E-state index in [1.165, 1.54) is 0 Å². The number of sulfone groups is 1. The maximum absolute atomic E-state index is 13.0. The first-order valence-electron chi connectivity index (χ1n) is 9.37. The molecule has 0 aliphatic heterocycles. The Labute approximate surface area is 177 Å². The molecule has 0 radical (unpaired) electrons. The van der Waals surface area contributed by atoms with Gasteiger partial charge in [-0.2, -0.15) is 0 Å². The minimum absolute atomic E-state index is 0.219. The van der Waals surface area contributed by atoms with Crippen LogP contribution in [0.15, 0.2) is 66.7 Å². The van der Waals surface area contributed by atoms with Gasteiger partial charge in [0.05, 0.1) is 10.9 Å². The van der Waals surface area contributed by atoms with Gasteiger partial charge >= 0.3 is 5.24 Å². The predicted molar refractivity (Wildman–Crippen MR) is 117 cm³/mol. The average molecular weight is 437 g/mol. The lowest BCUT2D eigenvalue weighted by molar-refractivity contribution is 0.0952. The van der Waals surface area contributed by atoms with Gasteiger partial charge < -0.3 is 20.8 Å². The number of amides is 2. The van der Waals surface area contributed by atoms with E-state index in [1.54, 1.807) is 30.3 Å². The number of H-pyrrole nitrogens is 1. The third-order valence-corrected chi connectivity index (χ3v) is 5.87. The molecule has 0 aliphatic carbocycles. The molecule has 1 heterocycles. The molecular formula is C22H19N3O5S. The van der Waals surface area contributed by atoms with Crippen LogP contribution >= 0.6 is 0 Å². The zero-order valence-corrected chi connectivity index (χ0v) is 17.1. The van der Waals surface area contributed by atoms with Crippen LogP contribution in [-0.2, 0) is 16.4 Å². The molecule has 9 heteroatoms. The lowest BCUT2D eigenvalue weighted by Crippen LogP contribution is -2.27. The maximum Gasteiger partial charge on any atom is 0.337 e. The van der Waals surface area contributed by atoms with Gasteiger partial charge in [0.2, 0.25) is 0 Å². The molecule has 0 spiro atoms. The number of ether oxygens (including phenoxy) is 1. The van der Waals surface area contributed by atoms with Crippen LogP contribution in [0.4, 0.5) is 4.79 Å². The second kappa shape index (κ2) is 8.11. The van der Waals surface area contributed by atoms with Crippen molar-refractivity contribution in [1.82, 2.24) is 10.3 Å². The molecule has 3 aromatic carbocycles. The number of hydrogen-bond acceptors (Lipinski definition) is 5. The van der Waals surface area contributed by atoms with Crippen molar-refractivity contribution in [2.75, 3.05) is 5.94 Å². The summed E-state index contributed by atoms with van der Waals surface area (Å²) in [6, 6.07) is 19.8. The molecule has 0 fully saturated rings. The largest absolute Gasteiger partial charge is 0.476 e. The molecule has 31 heavy (non-hydrogen) atoms. The fourth-order valence-corrected chi connectivity index (χ4v) is 3.74. The number of nitrogens with one attached hydrogen (secondary N) is 2. The molecular weight excluding hydrogens is 418 g/mol. The van der Waals surface area contributed by atoms with Crippen molar-refractivity contribution < 1.29 is 22.7 Å². The minimum atomic E-state index is -4.24. The third kappa shape index (κ3) is 4.08. The van der Waals surface area contributed by atoms with Crippen LogP contribution in [0.3, 0.4) is 0 Å². The Balaban J connectivity index is 1.73. The maximum atomic E-state index is 13.0. The van der Waals surface area contributed by atoms with Gasteiger partial charge in [-0.05, 0) is 29.8 Å². The molecule has 4 N–H and O–H groups in total. The molecule has 0 unspecified atom stereocenters. The summed E-state index contributed by atoms with van der Waals surface area (Å²) >= 11 is 0. The van der Waals surface area contributed by atoms with Crippen molar-refractivity contribution in [3.8, 4) is 5.75 Å². The van der Waals surface area contributed by atoms with Gasteiger partial charge in [-0.1, -0.05) is 42.5 Å². The first-order valence-corrected chi connectivity index (χ1v) is 11.0. The second-order valence-electron chi connectivity index (χ2n) is 6.90. The van der Waals surface area contributed by atoms with E-state index in [9.17, 15) is 18.0 Å². The van der Waals surface area contributed by atoms with Gasteiger partial charge in [-0.25, -0.2) is 8.42 Å². The molecule has 1 aromatic heterocycles. The molecule has 4 rings (SSSR count). The summed E-state index contributed by atoms with van der Waals surface area (Å²) in [5.74, 6) is -0.956. The van der Waals surface area contributed by atoms with Gasteiger partial charge in [0.15, 0.2) is 5.94 Å². The van der Waals surface area contributed by atoms with E-state index in [2.05, 4.69) is 10.3 Å². The molecule has 4 aromatic rings. The number of hydrogen-bond donors (Lipinski definition) is 3. The lowest BCUT2D eigenvalue weighted by atomic mass is 10.0. The van der Waals surface area contributed by atoms with Crippen molar-refractivity contribution in [2.45, 2.75) is 6.54 Å². The van der Waals surface area contributed by atoms with Gasteiger partial charge in [0, 0.05) is 23.0 Å². The SMILES string of the molecule is NC(=O)S(=O)(=O)COc1cccc2[nH]c3cccc(C(=O)NCc4ccccc4)c3c12. The van der Waals surface area contributed by atoms with Gasteiger partial charge in [-0.3, -0.25) is 9.59 Å². The number of primary amides is 1. The highest BCUT2D eigenvalue weighted by Gasteiger charge is 2.22. The quantitative estimate of drug-likeness (QED) is 0.427. The summed E-state index contributed by atoms with van der Waals surface area (Å²) in [5.41, 5.74) is 7.62. The summed E-state index contributed by atoms with van der Waals surface area (Å²) in [5, 5.41) is 2.58. The highest BCUT2D eigenvalue weighted by atomic mass is 32.2. The average Bonchev–Trinajstić information content (AvgIpc) is 3.16. The van der Waals surface area contributed by atoms with E-state index in [1.807, 2.05) is 36.4 Å². The Kier molecular flexibility index (Phi) is 5.35. The Morgan fingerprint density at radius 1 is 0.903 bits per heavy atom. The third-order valence-electron chi connectivity index (χ3n) is 4.83. The molecule has 0 bridgehead atoms. The van der Waals surface area contributed by atoms with Gasteiger partial charge in [0.1, 0.15) is 5.75 Å². The first kappa shape index (κ1) is 20.4. The molecule has 158 valence electrons. The number of benzene rings is 3. The van der Waals surface area contributed by atoms with Gasteiger partial charge in [0.25, 0.3) is 15.7 Å². The number of nitrogens with two attached hydrogens (primary N) is 1. The van der Waals surface area contributed by atoms with Crippen LogP contribution < -0.4 is 15.8 Å². The summed E-state index contributed by atoms with van der Waals surface area (Å²) in [4.78, 5) is 27.3. The predicted octanol–water partition coefficient (Wildman–Crippen LogP) is 3.08. The standard InChI is InChI=1S/C22H19N3O5S/c23-22(27)31(28,29)13-30-18-11-5-10-17-20(18)19-15(8-4-9-16(19)25-17)21(26)24-12-14-6-2-1-3-7-14/h1-11,25H,12-13H2,(H2,23,27)(H,24,26). The summed E-state index contributed by atoms with van der Waals surface area (Å²) in [6.45, 7) is 0.360. The van der Waals surface area contributed by atoms with Crippen LogP contribution in [0, 0.1) is 0 Å². The summed E-state index contributed by atoms with van der Waals surface area (Å²) < 4.78 is 29.0. The Morgan fingerprint density at radius 3 is 2.29 bits per heavy atom. The van der Waals surface area contributed by atoms with E-state index >= 15 is 0 Å². The highest BCUT2D eigenvalue weighted by Crippen LogP contribution is 2.35. The molecule has 0 saturated heterocycles. The lowest BCUT2D eigenvalue weighted by Gasteiger charge is -2.09. The van der Waals surface area contributed by atoms with Crippen LogP contribution in [0.2, 0.25) is 0 Å². The number of rotatable bonds is 6. The fraction of sp³-hybridized carbons (Fsp3) is 0.0909. The molecule has 0 saturated carbocycles. The summed E-state index contributed by atoms with van der Waals surface area (Å²) in [7, 11) is -4.24. The monoisotopic (exact) mass is 437 g/mol. The fourth-order valence-electron chi connectivity index (χ4n) is 3.35. The zero-order chi connectivity index (χ0) is 22.0. The van der Waals surface area contributed by atoms with E-state index < -0.39 is 21.0 Å². The van der Waals surface area contributed by atoms with Crippen molar-refractivity contribution in [1.29, 1.82) is 0 Å². The van der Waals surface area contributed by atoms with E-state index in [0.29, 0.717) is 33.9 Å².